The fraction of sp³-hybridized carbons (Fsp3) is 0.565. The van der Waals surface area contributed by atoms with E-state index in [4.69, 9.17) is 0 Å². The first-order valence-corrected chi connectivity index (χ1v) is 12.1. The number of alkyl halides is 6. The van der Waals surface area contributed by atoms with Gasteiger partial charge in [-0.2, -0.15) is 23.4 Å². The SMILES string of the molecule is CC(C)(F)Cn1nc(N2CC(C(F)(F)F)C2)c2cnc(-c3[nH]ncc3NC(=O)N3CC4C(C3)C4(F)F)cc21. The molecule has 2 aliphatic heterocycles. The van der Waals surface area contributed by atoms with Gasteiger partial charge < -0.3 is 15.1 Å². The zero-order valence-corrected chi connectivity index (χ0v) is 20.4. The minimum Gasteiger partial charge on any atom is -0.353 e. The number of urea groups is 1. The smallest absolute Gasteiger partial charge is 0.353 e. The van der Waals surface area contributed by atoms with Crippen molar-refractivity contribution in [3.8, 4) is 11.4 Å². The Labute approximate surface area is 212 Å². The lowest BCUT2D eigenvalue weighted by Gasteiger charge is -2.40. The predicted octanol–water partition coefficient (Wildman–Crippen LogP) is 4.30. The summed E-state index contributed by atoms with van der Waals surface area (Å²) in [6.07, 6.45) is -1.51. The van der Waals surface area contributed by atoms with Gasteiger partial charge in [0.25, 0.3) is 5.92 Å². The second-order valence-corrected chi connectivity index (χ2v) is 10.8. The minimum absolute atomic E-state index is 0.0342. The largest absolute Gasteiger partial charge is 0.395 e. The number of hydrogen-bond donors (Lipinski definition) is 2. The molecule has 0 aromatic carbocycles. The van der Waals surface area contributed by atoms with Crippen molar-refractivity contribution in [3.63, 3.8) is 0 Å². The van der Waals surface area contributed by atoms with Gasteiger partial charge in [0.2, 0.25) is 0 Å². The van der Waals surface area contributed by atoms with Crippen LogP contribution in [0.1, 0.15) is 13.8 Å². The highest BCUT2D eigenvalue weighted by molar-refractivity contribution is 5.96. The number of anilines is 2. The Kier molecular flexibility index (Phi) is 5.21. The van der Waals surface area contributed by atoms with Crippen LogP contribution < -0.4 is 10.2 Å². The Bertz CT molecular complexity index is 1390. The van der Waals surface area contributed by atoms with Crippen molar-refractivity contribution >= 4 is 28.4 Å². The summed E-state index contributed by atoms with van der Waals surface area (Å²) in [6, 6.07) is 1.05. The maximum absolute atomic E-state index is 14.6. The van der Waals surface area contributed by atoms with E-state index in [1.54, 1.807) is 6.07 Å². The van der Waals surface area contributed by atoms with Crippen molar-refractivity contribution in [3.05, 3.63) is 18.5 Å². The number of aromatic amines is 1. The van der Waals surface area contributed by atoms with Gasteiger partial charge in [-0.15, -0.1) is 0 Å². The molecule has 3 aromatic rings. The average Bonchev–Trinajstić information content (AvgIpc) is 3.29. The lowest BCUT2D eigenvalue weighted by Crippen LogP contribution is -2.53. The molecule has 0 radical (unpaired) electrons. The number of pyridine rings is 1. The summed E-state index contributed by atoms with van der Waals surface area (Å²) in [6.45, 7) is 2.01. The van der Waals surface area contributed by atoms with Gasteiger partial charge in [-0.05, 0) is 19.9 Å². The van der Waals surface area contributed by atoms with Gasteiger partial charge in [0, 0.05) is 32.4 Å². The molecule has 2 atom stereocenters. The van der Waals surface area contributed by atoms with Gasteiger partial charge in [-0.1, -0.05) is 0 Å². The molecule has 204 valence electrons. The number of rotatable bonds is 5. The fourth-order valence-corrected chi connectivity index (χ4v) is 5.20. The molecule has 0 bridgehead atoms. The molecule has 2 amide bonds. The number of carbonyl (C=O) groups excluding carboxylic acids is 1. The molecule has 1 saturated carbocycles. The number of fused-ring (bicyclic) bond motifs is 2. The van der Waals surface area contributed by atoms with Crippen LogP contribution in [-0.4, -0.2) is 79.8 Å². The third-order valence-corrected chi connectivity index (χ3v) is 7.41. The molecule has 3 aromatic heterocycles. The van der Waals surface area contributed by atoms with E-state index < -0.39 is 41.6 Å². The third-order valence-electron chi connectivity index (χ3n) is 7.41. The van der Waals surface area contributed by atoms with Crippen LogP contribution in [0.25, 0.3) is 22.3 Å². The molecule has 5 heterocycles. The molecular formula is C23H24F6N8O. The number of amides is 2. The zero-order chi connectivity index (χ0) is 27.2. The second-order valence-electron chi connectivity index (χ2n) is 10.8. The Morgan fingerprint density at radius 1 is 1.13 bits per heavy atom. The molecular weight excluding hydrogens is 518 g/mol. The first-order chi connectivity index (χ1) is 17.7. The molecule has 6 rings (SSSR count). The van der Waals surface area contributed by atoms with Crippen LogP contribution in [0.5, 0.6) is 0 Å². The van der Waals surface area contributed by atoms with E-state index in [-0.39, 0.29) is 44.2 Å². The number of nitrogens with one attached hydrogen (secondary N) is 2. The molecule has 2 N–H and O–H groups in total. The summed E-state index contributed by atoms with van der Waals surface area (Å²) >= 11 is 0. The predicted molar refractivity (Wildman–Crippen MR) is 125 cm³/mol. The standard InChI is InChI=1S/C23H24F6N8O/c1-21(2,24)10-37-17-3-15(30-4-12(17)19(34-37)35-6-11(7-35)23(27,28)29)18-16(5-31-33-18)32-20(38)36-8-13-14(9-36)22(13,25)26/h3-5,11,13-14H,6-10H2,1-2H3,(H,31,33)(H,32,38). The quantitative estimate of drug-likeness (QED) is 0.469. The Balaban J connectivity index is 1.27. The van der Waals surface area contributed by atoms with Gasteiger partial charge in [-0.3, -0.25) is 14.8 Å². The molecule has 1 aliphatic carbocycles. The van der Waals surface area contributed by atoms with E-state index >= 15 is 0 Å². The van der Waals surface area contributed by atoms with Crippen LogP contribution in [0.2, 0.25) is 0 Å². The van der Waals surface area contributed by atoms with Gasteiger partial charge >= 0.3 is 12.2 Å². The average molecular weight is 542 g/mol. The molecule has 2 unspecified atom stereocenters. The van der Waals surface area contributed by atoms with Crippen molar-refractivity contribution in [1.29, 1.82) is 0 Å². The number of aromatic nitrogens is 5. The lowest BCUT2D eigenvalue weighted by atomic mass is 9.99. The number of likely N-dealkylation sites (tertiary alicyclic amines) is 1. The summed E-state index contributed by atoms with van der Waals surface area (Å²) in [5, 5.41) is 14.3. The number of carbonyl (C=O) groups is 1. The number of hydrogen-bond acceptors (Lipinski definition) is 5. The van der Waals surface area contributed by atoms with Crippen molar-refractivity contribution in [2.75, 3.05) is 36.4 Å². The number of halogens is 6. The first-order valence-electron chi connectivity index (χ1n) is 12.1. The Hall–Kier alpha value is -3.52. The molecule has 3 aliphatic rings. The number of piperidine rings is 1. The Morgan fingerprint density at radius 2 is 1.82 bits per heavy atom. The highest BCUT2D eigenvalue weighted by Gasteiger charge is 2.72. The highest BCUT2D eigenvalue weighted by Crippen LogP contribution is 2.59. The fourth-order valence-electron chi connectivity index (χ4n) is 5.20. The van der Waals surface area contributed by atoms with Crippen molar-refractivity contribution in [2.45, 2.75) is 38.2 Å². The number of H-pyrrole nitrogens is 1. The molecule has 2 saturated heterocycles. The summed E-state index contributed by atoms with van der Waals surface area (Å²) in [5.74, 6) is -5.51. The van der Waals surface area contributed by atoms with Crippen LogP contribution in [0.3, 0.4) is 0 Å². The van der Waals surface area contributed by atoms with Crippen molar-refractivity contribution in [1.82, 2.24) is 29.9 Å². The summed E-state index contributed by atoms with van der Waals surface area (Å²) < 4.78 is 82.1. The number of nitrogens with zero attached hydrogens (tertiary/aromatic N) is 6. The van der Waals surface area contributed by atoms with Gasteiger partial charge in [0.15, 0.2) is 5.82 Å². The van der Waals surface area contributed by atoms with Crippen molar-refractivity contribution < 1.29 is 31.1 Å². The molecule has 0 spiro atoms. The summed E-state index contributed by atoms with van der Waals surface area (Å²) in [5.41, 5.74) is -0.308. The van der Waals surface area contributed by atoms with Crippen LogP contribution in [-0.2, 0) is 6.54 Å². The van der Waals surface area contributed by atoms with Crippen molar-refractivity contribution in [2.24, 2.45) is 17.8 Å². The topological polar surface area (TPSA) is 95.0 Å². The van der Waals surface area contributed by atoms with Crippen LogP contribution in [0.15, 0.2) is 18.5 Å². The van der Waals surface area contributed by atoms with E-state index in [1.807, 2.05) is 0 Å². The normalized spacial score (nSPS) is 23.1. The first kappa shape index (κ1) is 24.8. The maximum atomic E-state index is 14.6. The van der Waals surface area contributed by atoms with E-state index in [1.165, 1.54) is 40.7 Å². The van der Waals surface area contributed by atoms with E-state index in [9.17, 15) is 31.1 Å². The highest BCUT2D eigenvalue weighted by atomic mass is 19.4. The minimum atomic E-state index is -4.31. The van der Waals surface area contributed by atoms with Crippen LogP contribution >= 0.6 is 0 Å². The van der Waals surface area contributed by atoms with Crippen LogP contribution in [0.4, 0.5) is 42.6 Å². The molecule has 38 heavy (non-hydrogen) atoms. The van der Waals surface area contributed by atoms with Gasteiger partial charge in [0.05, 0.1) is 52.8 Å². The van der Waals surface area contributed by atoms with Gasteiger partial charge in [-0.25, -0.2) is 18.0 Å². The second kappa shape index (κ2) is 7.99. The van der Waals surface area contributed by atoms with E-state index in [0.29, 0.717) is 22.3 Å². The molecule has 3 fully saturated rings. The molecule has 9 nitrogen and oxygen atoms in total. The summed E-state index contributed by atoms with van der Waals surface area (Å²) in [4.78, 5) is 19.9. The van der Waals surface area contributed by atoms with Gasteiger partial charge in [0.1, 0.15) is 11.4 Å². The van der Waals surface area contributed by atoms with E-state index in [2.05, 4.69) is 25.6 Å². The Morgan fingerprint density at radius 3 is 2.45 bits per heavy atom. The third kappa shape index (κ3) is 4.11. The van der Waals surface area contributed by atoms with E-state index in [0.717, 1.165) is 0 Å². The summed E-state index contributed by atoms with van der Waals surface area (Å²) in [7, 11) is 0. The zero-order valence-electron chi connectivity index (χ0n) is 20.4. The molecule has 15 heteroatoms. The van der Waals surface area contributed by atoms with Crippen LogP contribution in [0, 0.1) is 17.8 Å². The lowest BCUT2D eigenvalue weighted by molar-refractivity contribution is -0.180. The maximum Gasteiger partial charge on any atom is 0.395 e. The monoisotopic (exact) mass is 542 g/mol.